The highest BCUT2D eigenvalue weighted by Gasteiger charge is 2.41. The van der Waals surface area contributed by atoms with Crippen LogP contribution in [-0.2, 0) is 4.74 Å². The van der Waals surface area contributed by atoms with E-state index < -0.39 is 0 Å². The average molecular weight is 333 g/mol. The van der Waals surface area contributed by atoms with Gasteiger partial charge in [0.05, 0.1) is 32.0 Å². The van der Waals surface area contributed by atoms with Crippen molar-refractivity contribution < 1.29 is 14.2 Å². The van der Waals surface area contributed by atoms with Crippen molar-refractivity contribution in [1.82, 2.24) is 10.6 Å². The average Bonchev–Trinajstić information content (AvgIpc) is 3.23. The van der Waals surface area contributed by atoms with Gasteiger partial charge in [0, 0.05) is 19.7 Å². The fourth-order valence-electron chi connectivity index (χ4n) is 3.32. The van der Waals surface area contributed by atoms with E-state index in [0.29, 0.717) is 24.9 Å². The second kappa shape index (κ2) is 8.24. The Bertz CT molecular complexity index is 564. The molecule has 24 heavy (non-hydrogen) atoms. The van der Waals surface area contributed by atoms with Crippen LogP contribution < -0.4 is 20.1 Å². The monoisotopic (exact) mass is 333 g/mol. The second-order valence-corrected chi connectivity index (χ2v) is 6.24. The molecule has 2 aliphatic heterocycles. The highest BCUT2D eigenvalue weighted by atomic mass is 16.5. The zero-order valence-electron chi connectivity index (χ0n) is 14.5. The Morgan fingerprint density at radius 3 is 2.92 bits per heavy atom. The summed E-state index contributed by atoms with van der Waals surface area (Å²) < 4.78 is 16.8. The van der Waals surface area contributed by atoms with Crippen LogP contribution in [0.3, 0.4) is 0 Å². The van der Waals surface area contributed by atoms with Gasteiger partial charge in [-0.2, -0.15) is 0 Å². The topological polar surface area (TPSA) is 64.1 Å². The van der Waals surface area contributed by atoms with E-state index in [2.05, 4.69) is 15.6 Å². The maximum absolute atomic E-state index is 5.87. The Balaban J connectivity index is 1.33. The zero-order valence-corrected chi connectivity index (χ0v) is 14.5. The second-order valence-electron chi connectivity index (χ2n) is 6.24. The van der Waals surface area contributed by atoms with Crippen molar-refractivity contribution in [2.75, 3.05) is 27.3 Å². The fourth-order valence-corrected chi connectivity index (χ4v) is 3.32. The minimum absolute atomic E-state index is 0.352. The molecule has 2 fully saturated rings. The van der Waals surface area contributed by atoms with Gasteiger partial charge in [-0.05, 0) is 37.8 Å². The lowest BCUT2D eigenvalue weighted by atomic mass is 9.96. The fraction of sp³-hybridized carbons (Fsp3) is 0.611. The zero-order chi connectivity index (χ0) is 16.8. The number of benzene rings is 1. The number of guanidine groups is 1. The summed E-state index contributed by atoms with van der Waals surface area (Å²) in [6, 6.07) is 8.05. The molecule has 2 aliphatic rings. The first kappa shape index (κ1) is 16.9. The van der Waals surface area contributed by atoms with E-state index in [1.54, 1.807) is 14.2 Å². The van der Waals surface area contributed by atoms with Crippen LogP contribution in [0.4, 0.5) is 0 Å². The molecule has 3 rings (SSSR count). The van der Waals surface area contributed by atoms with Gasteiger partial charge >= 0.3 is 0 Å². The molecule has 6 heteroatoms. The normalized spacial score (nSPS) is 25.6. The summed E-state index contributed by atoms with van der Waals surface area (Å²) in [4.78, 5) is 4.30. The van der Waals surface area contributed by atoms with Crippen LogP contribution in [0, 0.1) is 0 Å². The van der Waals surface area contributed by atoms with Crippen molar-refractivity contribution in [3.63, 3.8) is 0 Å². The van der Waals surface area contributed by atoms with Gasteiger partial charge in [0.15, 0.2) is 5.96 Å². The molecule has 2 N–H and O–H groups in total. The summed E-state index contributed by atoms with van der Waals surface area (Å²) in [5.74, 6) is 2.48. The summed E-state index contributed by atoms with van der Waals surface area (Å²) in [7, 11) is 3.46. The molecule has 1 aromatic rings. The molecule has 0 aliphatic carbocycles. The van der Waals surface area contributed by atoms with Crippen LogP contribution in [0.5, 0.6) is 11.5 Å². The molecule has 0 saturated carbocycles. The first-order valence-electron chi connectivity index (χ1n) is 8.68. The lowest BCUT2D eigenvalue weighted by Crippen LogP contribution is -2.47. The standard InChI is InChI=1S/C18H27N3O3/c1-19-18(21-16-12-15-7-8-17(16)24-15)20-9-4-10-23-14-6-3-5-13(11-14)22-2/h3,5-6,11,15-17H,4,7-10,12H2,1-2H3,(H2,19,20,21). The van der Waals surface area contributed by atoms with Gasteiger partial charge in [-0.25, -0.2) is 0 Å². The van der Waals surface area contributed by atoms with Gasteiger partial charge in [0.1, 0.15) is 11.5 Å². The Morgan fingerprint density at radius 2 is 2.21 bits per heavy atom. The van der Waals surface area contributed by atoms with E-state index >= 15 is 0 Å². The quantitative estimate of drug-likeness (QED) is 0.454. The molecule has 132 valence electrons. The molecule has 3 unspecified atom stereocenters. The number of nitrogens with one attached hydrogen (secondary N) is 2. The molecule has 1 aromatic carbocycles. The van der Waals surface area contributed by atoms with E-state index in [9.17, 15) is 0 Å². The molecular weight excluding hydrogens is 306 g/mol. The van der Waals surface area contributed by atoms with E-state index in [1.807, 2.05) is 24.3 Å². The number of rotatable bonds is 7. The molecule has 2 heterocycles. The van der Waals surface area contributed by atoms with Crippen molar-refractivity contribution in [2.24, 2.45) is 4.99 Å². The summed E-state index contributed by atoms with van der Waals surface area (Å²) in [5, 5.41) is 6.82. The van der Waals surface area contributed by atoms with E-state index in [-0.39, 0.29) is 0 Å². The lowest BCUT2D eigenvalue weighted by molar-refractivity contribution is 0.0992. The largest absolute Gasteiger partial charge is 0.497 e. The van der Waals surface area contributed by atoms with E-state index in [1.165, 1.54) is 6.42 Å². The Kier molecular flexibility index (Phi) is 5.80. The summed E-state index contributed by atoms with van der Waals surface area (Å²) in [5.41, 5.74) is 0. The first-order chi connectivity index (χ1) is 11.8. The van der Waals surface area contributed by atoms with Crippen molar-refractivity contribution >= 4 is 5.96 Å². The SMILES string of the molecule is CN=C(NCCCOc1cccc(OC)c1)NC1CC2CCC1O2. The maximum Gasteiger partial charge on any atom is 0.191 e. The van der Waals surface area contributed by atoms with Gasteiger partial charge in [0.2, 0.25) is 0 Å². The predicted octanol–water partition coefficient (Wildman–Crippen LogP) is 1.95. The van der Waals surface area contributed by atoms with Crippen LogP contribution in [0.1, 0.15) is 25.7 Å². The predicted molar refractivity (Wildman–Crippen MR) is 93.9 cm³/mol. The highest BCUT2D eigenvalue weighted by Crippen LogP contribution is 2.34. The van der Waals surface area contributed by atoms with Crippen LogP contribution in [0.2, 0.25) is 0 Å². The molecule has 3 atom stereocenters. The van der Waals surface area contributed by atoms with Crippen LogP contribution in [-0.4, -0.2) is 51.5 Å². The van der Waals surface area contributed by atoms with Crippen molar-refractivity contribution in [2.45, 2.75) is 43.9 Å². The van der Waals surface area contributed by atoms with Gasteiger partial charge in [-0.15, -0.1) is 0 Å². The number of fused-ring (bicyclic) bond motifs is 2. The third-order valence-corrected chi connectivity index (χ3v) is 4.58. The molecule has 2 bridgehead atoms. The third kappa shape index (κ3) is 4.32. The van der Waals surface area contributed by atoms with Gasteiger partial charge in [-0.3, -0.25) is 4.99 Å². The number of ether oxygens (including phenoxy) is 3. The number of hydrogen-bond donors (Lipinski definition) is 2. The molecule has 0 spiro atoms. The van der Waals surface area contributed by atoms with Crippen molar-refractivity contribution in [3.8, 4) is 11.5 Å². The number of methoxy groups -OCH3 is 1. The Labute approximate surface area is 143 Å². The smallest absolute Gasteiger partial charge is 0.191 e. The number of hydrogen-bond acceptors (Lipinski definition) is 4. The summed E-state index contributed by atoms with van der Waals surface area (Å²) >= 11 is 0. The minimum atomic E-state index is 0.352. The van der Waals surface area contributed by atoms with Crippen LogP contribution in [0.15, 0.2) is 29.3 Å². The van der Waals surface area contributed by atoms with Gasteiger partial charge in [0.25, 0.3) is 0 Å². The highest BCUT2D eigenvalue weighted by molar-refractivity contribution is 5.80. The van der Waals surface area contributed by atoms with Gasteiger partial charge in [-0.1, -0.05) is 6.07 Å². The van der Waals surface area contributed by atoms with E-state index in [0.717, 1.165) is 43.3 Å². The lowest BCUT2D eigenvalue weighted by Gasteiger charge is -2.22. The molecule has 0 amide bonds. The van der Waals surface area contributed by atoms with Crippen molar-refractivity contribution in [1.29, 1.82) is 0 Å². The maximum atomic E-state index is 5.87. The van der Waals surface area contributed by atoms with Gasteiger partial charge < -0.3 is 24.8 Å². The van der Waals surface area contributed by atoms with Crippen molar-refractivity contribution in [3.05, 3.63) is 24.3 Å². The van der Waals surface area contributed by atoms with E-state index in [4.69, 9.17) is 14.2 Å². The molecular formula is C18H27N3O3. The molecule has 0 radical (unpaired) electrons. The summed E-state index contributed by atoms with van der Waals surface area (Å²) in [6.45, 7) is 1.46. The Morgan fingerprint density at radius 1 is 1.33 bits per heavy atom. The minimum Gasteiger partial charge on any atom is -0.497 e. The third-order valence-electron chi connectivity index (χ3n) is 4.58. The van der Waals surface area contributed by atoms with Crippen LogP contribution in [0.25, 0.3) is 0 Å². The molecule has 0 aromatic heterocycles. The summed E-state index contributed by atoms with van der Waals surface area (Å²) in [6.07, 6.45) is 5.14. The number of nitrogens with zero attached hydrogens (tertiary/aromatic N) is 1. The molecule has 2 saturated heterocycles. The molecule has 6 nitrogen and oxygen atoms in total. The first-order valence-corrected chi connectivity index (χ1v) is 8.68. The number of aliphatic imine (C=N–C) groups is 1. The van der Waals surface area contributed by atoms with Crippen LogP contribution >= 0.6 is 0 Å². The Hall–Kier alpha value is -1.95.